The first kappa shape index (κ1) is 26.7. The molecule has 0 saturated carbocycles. The first-order valence-corrected chi connectivity index (χ1v) is 13.5. The number of nitrogens with zero attached hydrogens (tertiary/aromatic N) is 3. The summed E-state index contributed by atoms with van der Waals surface area (Å²) in [6.07, 6.45) is 6.10. The molecular weight excluding hydrogens is 492 g/mol. The van der Waals surface area contributed by atoms with Crippen LogP contribution in [0.25, 0.3) is 10.9 Å². The number of aromatic amines is 1. The Balaban J connectivity index is 1.27. The zero-order chi connectivity index (χ0) is 26.9. The van der Waals surface area contributed by atoms with E-state index in [2.05, 4.69) is 37.6 Å². The van der Waals surface area contributed by atoms with Crippen molar-refractivity contribution in [2.75, 3.05) is 63.2 Å². The summed E-state index contributed by atoms with van der Waals surface area (Å²) in [6, 6.07) is 19.7. The third kappa shape index (κ3) is 7.14. The molecule has 1 aliphatic heterocycles. The van der Waals surface area contributed by atoms with Crippen LogP contribution in [-0.2, 0) is 16.0 Å². The summed E-state index contributed by atoms with van der Waals surface area (Å²) < 4.78 is 5.41. The van der Waals surface area contributed by atoms with Crippen LogP contribution in [0, 0.1) is 0 Å². The highest BCUT2D eigenvalue weighted by Crippen LogP contribution is 2.23. The molecule has 1 amide bonds. The van der Waals surface area contributed by atoms with Gasteiger partial charge in [0.15, 0.2) is 0 Å². The fourth-order valence-corrected chi connectivity index (χ4v) is 4.95. The number of carbonyl (C=O) groups is 1. The van der Waals surface area contributed by atoms with Crippen molar-refractivity contribution in [3.8, 4) is 0 Å². The fourth-order valence-electron chi connectivity index (χ4n) is 4.95. The number of anilines is 3. The maximum Gasteiger partial charge on any atom is 0.245 e. The molecule has 1 fully saturated rings. The van der Waals surface area contributed by atoms with E-state index in [0.717, 1.165) is 53.2 Å². The van der Waals surface area contributed by atoms with Crippen LogP contribution in [0.4, 0.5) is 17.1 Å². The van der Waals surface area contributed by atoms with Crippen molar-refractivity contribution < 1.29 is 14.6 Å². The van der Waals surface area contributed by atoms with Crippen LogP contribution in [0.15, 0.2) is 79.3 Å². The number of aliphatic hydroxyl groups excluding tert-OH is 1. The average Bonchev–Trinajstić information content (AvgIpc) is 3.39. The zero-order valence-corrected chi connectivity index (χ0v) is 22.1. The summed E-state index contributed by atoms with van der Waals surface area (Å²) in [5.41, 5.74) is 5.02. The van der Waals surface area contributed by atoms with Crippen LogP contribution in [0.5, 0.6) is 0 Å². The van der Waals surface area contributed by atoms with Gasteiger partial charge in [0.25, 0.3) is 0 Å². The van der Waals surface area contributed by atoms with Crippen LogP contribution in [0.3, 0.4) is 0 Å². The van der Waals surface area contributed by atoms with E-state index >= 15 is 0 Å². The minimum absolute atomic E-state index is 0.0388. The van der Waals surface area contributed by atoms with Gasteiger partial charge in [-0.05, 0) is 48.0 Å². The lowest BCUT2D eigenvalue weighted by Gasteiger charge is -2.36. The molecule has 9 heteroatoms. The molecule has 1 unspecified atom stereocenters. The molecule has 0 aliphatic carbocycles. The molecule has 2 aromatic carbocycles. The maximum absolute atomic E-state index is 13.8. The van der Waals surface area contributed by atoms with Gasteiger partial charge >= 0.3 is 0 Å². The Hall–Kier alpha value is -3.92. The van der Waals surface area contributed by atoms with E-state index in [1.165, 1.54) is 0 Å². The van der Waals surface area contributed by atoms with Gasteiger partial charge in [-0.2, -0.15) is 0 Å². The highest BCUT2D eigenvalue weighted by atomic mass is 16.5. The van der Waals surface area contributed by atoms with Crippen LogP contribution in [0.1, 0.15) is 5.56 Å². The summed E-state index contributed by atoms with van der Waals surface area (Å²) in [5.74, 6) is 0.107. The summed E-state index contributed by atoms with van der Waals surface area (Å²) in [7, 11) is 0. The van der Waals surface area contributed by atoms with E-state index in [0.29, 0.717) is 32.7 Å². The number of ether oxygens (including phenoxy) is 1. The molecule has 1 saturated heterocycles. The van der Waals surface area contributed by atoms with Gasteiger partial charge < -0.3 is 30.4 Å². The number of para-hydroxylation sites is 1. The van der Waals surface area contributed by atoms with E-state index < -0.39 is 6.04 Å². The first-order chi connectivity index (χ1) is 19.2. The lowest BCUT2D eigenvalue weighted by Crippen LogP contribution is -2.53. The highest BCUT2D eigenvalue weighted by molar-refractivity contribution is 5.88. The molecule has 9 nitrogen and oxygen atoms in total. The Bertz CT molecular complexity index is 1320. The van der Waals surface area contributed by atoms with Gasteiger partial charge in [0.2, 0.25) is 5.91 Å². The van der Waals surface area contributed by atoms with E-state index in [9.17, 15) is 4.79 Å². The van der Waals surface area contributed by atoms with Crippen molar-refractivity contribution in [1.82, 2.24) is 19.8 Å². The van der Waals surface area contributed by atoms with Crippen LogP contribution < -0.4 is 10.6 Å². The number of pyridine rings is 1. The second kappa shape index (κ2) is 13.2. The molecular formula is C30H36N6O3. The van der Waals surface area contributed by atoms with Crippen LogP contribution in [0.2, 0.25) is 0 Å². The Kier molecular flexibility index (Phi) is 9.05. The van der Waals surface area contributed by atoms with Gasteiger partial charge in [-0.3, -0.25) is 14.7 Å². The van der Waals surface area contributed by atoms with Gasteiger partial charge in [0.05, 0.1) is 19.8 Å². The molecule has 39 heavy (non-hydrogen) atoms. The Labute approximate surface area is 228 Å². The molecule has 0 bridgehead atoms. The van der Waals surface area contributed by atoms with Crippen molar-refractivity contribution in [2.45, 2.75) is 12.5 Å². The lowest BCUT2D eigenvalue weighted by molar-refractivity contribution is -0.133. The summed E-state index contributed by atoms with van der Waals surface area (Å²) in [6.45, 7) is 4.77. The van der Waals surface area contributed by atoms with Gasteiger partial charge in [0, 0.05) is 85.7 Å². The maximum atomic E-state index is 13.8. The predicted molar refractivity (Wildman–Crippen MR) is 154 cm³/mol. The Morgan fingerprint density at radius 1 is 0.949 bits per heavy atom. The molecule has 4 N–H and O–H groups in total. The van der Waals surface area contributed by atoms with E-state index in [4.69, 9.17) is 9.84 Å². The number of aromatic nitrogens is 2. The van der Waals surface area contributed by atoms with Gasteiger partial charge in [-0.15, -0.1) is 0 Å². The largest absolute Gasteiger partial charge is 0.394 e. The molecule has 4 aromatic rings. The summed E-state index contributed by atoms with van der Waals surface area (Å²) in [4.78, 5) is 25.5. The highest BCUT2D eigenvalue weighted by Gasteiger charge is 2.28. The standard InChI is InChI=1S/C30H36N6O3/c37-18-20-39-19-17-35-13-15-36(16-14-35)30(38)29(21-23-22-32-28-4-2-1-3-27(23)28)34-25-7-5-24(6-8-25)33-26-9-11-31-12-10-26/h1-12,22,29,32,34,37H,13-21H2,(H,31,33). The summed E-state index contributed by atoms with van der Waals surface area (Å²) >= 11 is 0. The molecule has 1 atom stereocenters. The second-order valence-electron chi connectivity index (χ2n) is 9.70. The minimum Gasteiger partial charge on any atom is -0.394 e. The third-order valence-corrected chi connectivity index (χ3v) is 7.06. The quantitative estimate of drug-likeness (QED) is 0.209. The smallest absolute Gasteiger partial charge is 0.245 e. The lowest BCUT2D eigenvalue weighted by atomic mass is 10.0. The van der Waals surface area contributed by atoms with Crippen LogP contribution in [-0.4, -0.2) is 89.4 Å². The number of fused-ring (bicyclic) bond motifs is 1. The van der Waals surface area contributed by atoms with Gasteiger partial charge in [-0.25, -0.2) is 0 Å². The van der Waals surface area contributed by atoms with Gasteiger partial charge in [-0.1, -0.05) is 18.2 Å². The van der Waals surface area contributed by atoms with Crippen molar-refractivity contribution in [1.29, 1.82) is 0 Å². The molecule has 3 heterocycles. The molecule has 0 radical (unpaired) electrons. The number of carbonyl (C=O) groups excluding carboxylic acids is 1. The SMILES string of the molecule is O=C(C(Cc1c[nH]c2ccccc12)Nc1ccc(Nc2ccncc2)cc1)N1CCN(CCOCCO)CC1. The van der Waals surface area contributed by atoms with Crippen molar-refractivity contribution in [2.24, 2.45) is 0 Å². The predicted octanol–water partition coefficient (Wildman–Crippen LogP) is 3.48. The summed E-state index contributed by atoms with van der Waals surface area (Å²) in [5, 5.41) is 16.9. The Morgan fingerprint density at radius 2 is 1.67 bits per heavy atom. The van der Waals surface area contributed by atoms with Gasteiger partial charge in [0.1, 0.15) is 6.04 Å². The normalized spacial score (nSPS) is 14.8. The van der Waals surface area contributed by atoms with Crippen molar-refractivity contribution in [3.05, 3.63) is 84.8 Å². The molecule has 1 aliphatic rings. The molecule has 2 aromatic heterocycles. The fraction of sp³-hybridized carbons (Fsp3) is 0.333. The number of amides is 1. The molecule has 204 valence electrons. The number of aliphatic hydroxyl groups is 1. The van der Waals surface area contributed by atoms with E-state index in [1.807, 2.05) is 59.6 Å². The van der Waals surface area contributed by atoms with Crippen molar-refractivity contribution >= 4 is 33.9 Å². The number of nitrogens with one attached hydrogen (secondary N) is 3. The minimum atomic E-state index is -0.400. The number of rotatable bonds is 12. The number of H-pyrrole nitrogens is 1. The average molecular weight is 529 g/mol. The topological polar surface area (TPSA) is 106 Å². The number of piperazine rings is 1. The Morgan fingerprint density at radius 3 is 2.44 bits per heavy atom. The monoisotopic (exact) mass is 528 g/mol. The number of benzene rings is 2. The van der Waals surface area contributed by atoms with Crippen LogP contribution >= 0.6 is 0 Å². The van der Waals surface area contributed by atoms with E-state index in [1.54, 1.807) is 12.4 Å². The second-order valence-corrected chi connectivity index (χ2v) is 9.70. The number of hydrogen-bond donors (Lipinski definition) is 4. The first-order valence-electron chi connectivity index (χ1n) is 13.5. The molecule has 0 spiro atoms. The number of hydrogen-bond acceptors (Lipinski definition) is 7. The third-order valence-electron chi connectivity index (χ3n) is 7.06. The zero-order valence-electron chi connectivity index (χ0n) is 22.1. The molecule has 5 rings (SSSR count). The van der Waals surface area contributed by atoms with E-state index in [-0.39, 0.29) is 12.5 Å². The van der Waals surface area contributed by atoms with Crippen molar-refractivity contribution in [3.63, 3.8) is 0 Å².